The molecule has 1 atom stereocenters. The fourth-order valence-corrected chi connectivity index (χ4v) is 2.12. The maximum absolute atomic E-state index is 12.4. The number of carbonyl (C=O) groups excluding carboxylic acids is 1. The van der Waals surface area contributed by atoms with Gasteiger partial charge in [-0.1, -0.05) is 37.2 Å². The third-order valence-corrected chi connectivity index (χ3v) is 3.23. The molecule has 0 bridgehead atoms. The maximum Gasteiger partial charge on any atom is 0.235 e. The second-order valence-corrected chi connectivity index (χ2v) is 5.14. The number of amidine groups is 1. The second kappa shape index (κ2) is 8.26. The van der Waals surface area contributed by atoms with E-state index in [0.717, 1.165) is 11.3 Å². The molecule has 6 nitrogen and oxygen atoms in total. The average Bonchev–Trinajstić information content (AvgIpc) is 2.45. The van der Waals surface area contributed by atoms with Crippen molar-refractivity contribution in [2.75, 3.05) is 19.0 Å². The summed E-state index contributed by atoms with van der Waals surface area (Å²) in [6.45, 7) is 4.26. The van der Waals surface area contributed by atoms with Crippen molar-refractivity contribution in [1.82, 2.24) is 0 Å². The fraction of sp³-hybridized carbons (Fsp3) is 0.467. The van der Waals surface area contributed by atoms with Crippen LogP contribution in [0.3, 0.4) is 0 Å². The number of ether oxygens (including phenoxy) is 1. The van der Waals surface area contributed by atoms with Crippen molar-refractivity contribution < 1.29 is 14.7 Å². The number of rotatable bonds is 7. The zero-order valence-corrected chi connectivity index (χ0v) is 12.7. The van der Waals surface area contributed by atoms with Crippen molar-refractivity contribution in [2.24, 2.45) is 22.7 Å². The summed E-state index contributed by atoms with van der Waals surface area (Å²) < 4.78 is 5.06. The number of carbonyl (C=O) groups is 1. The number of oxime groups is 1. The number of nitrogens with two attached hydrogens (primary N) is 1. The highest BCUT2D eigenvalue weighted by atomic mass is 16.5. The van der Waals surface area contributed by atoms with Gasteiger partial charge in [0.1, 0.15) is 5.92 Å². The van der Waals surface area contributed by atoms with Gasteiger partial charge in [0.25, 0.3) is 0 Å². The third-order valence-electron chi connectivity index (χ3n) is 3.23. The molecule has 21 heavy (non-hydrogen) atoms. The van der Waals surface area contributed by atoms with E-state index in [1.807, 2.05) is 38.1 Å². The van der Waals surface area contributed by atoms with E-state index in [2.05, 4.69) is 10.5 Å². The molecular weight excluding hydrogens is 270 g/mol. The van der Waals surface area contributed by atoms with E-state index in [0.29, 0.717) is 13.0 Å². The van der Waals surface area contributed by atoms with E-state index >= 15 is 0 Å². The molecule has 0 fully saturated rings. The van der Waals surface area contributed by atoms with Gasteiger partial charge in [-0.15, -0.1) is 0 Å². The van der Waals surface area contributed by atoms with Crippen LogP contribution in [0.5, 0.6) is 0 Å². The topological polar surface area (TPSA) is 96.9 Å². The van der Waals surface area contributed by atoms with E-state index in [-0.39, 0.29) is 17.7 Å². The molecule has 0 radical (unpaired) electrons. The van der Waals surface area contributed by atoms with Crippen molar-refractivity contribution in [3.05, 3.63) is 29.8 Å². The van der Waals surface area contributed by atoms with Crippen LogP contribution < -0.4 is 11.1 Å². The van der Waals surface area contributed by atoms with Gasteiger partial charge in [-0.05, 0) is 24.0 Å². The summed E-state index contributed by atoms with van der Waals surface area (Å²) in [7, 11) is 1.63. The van der Waals surface area contributed by atoms with Crippen LogP contribution in [-0.2, 0) is 16.0 Å². The number of hydrogen-bond donors (Lipinski definition) is 3. The van der Waals surface area contributed by atoms with Gasteiger partial charge >= 0.3 is 0 Å². The van der Waals surface area contributed by atoms with E-state index in [1.54, 1.807) is 7.11 Å². The number of para-hydroxylation sites is 1. The summed E-state index contributed by atoms with van der Waals surface area (Å²) in [6, 6.07) is 7.51. The van der Waals surface area contributed by atoms with Gasteiger partial charge in [0.2, 0.25) is 5.91 Å². The smallest absolute Gasteiger partial charge is 0.235 e. The van der Waals surface area contributed by atoms with Crippen LogP contribution in [0.1, 0.15) is 19.4 Å². The molecule has 1 rings (SSSR count). The fourth-order valence-electron chi connectivity index (χ4n) is 2.12. The summed E-state index contributed by atoms with van der Waals surface area (Å²) >= 11 is 0. The normalized spacial score (nSPS) is 13.2. The molecule has 116 valence electrons. The van der Waals surface area contributed by atoms with Crippen LogP contribution >= 0.6 is 0 Å². The summed E-state index contributed by atoms with van der Waals surface area (Å²) in [5.74, 6) is -1.13. The lowest BCUT2D eigenvalue weighted by Crippen LogP contribution is -2.38. The summed E-state index contributed by atoms with van der Waals surface area (Å²) in [6.07, 6.45) is 0.697. The zero-order chi connectivity index (χ0) is 15.8. The number of nitrogens with zero attached hydrogens (tertiary/aromatic N) is 1. The van der Waals surface area contributed by atoms with Crippen molar-refractivity contribution in [3.8, 4) is 0 Å². The van der Waals surface area contributed by atoms with Crippen molar-refractivity contribution in [2.45, 2.75) is 20.3 Å². The molecule has 0 aliphatic rings. The van der Waals surface area contributed by atoms with Crippen molar-refractivity contribution in [1.29, 1.82) is 0 Å². The highest BCUT2D eigenvalue weighted by molar-refractivity contribution is 6.08. The van der Waals surface area contributed by atoms with Crippen LogP contribution in [0.2, 0.25) is 0 Å². The lowest BCUT2D eigenvalue weighted by atomic mass is 9.93. The Morgan fingerprint density at radius 3 is 2.67 bits per heavy atom. The van der Waals surface area contributed by atoms with E-state index < -0.39 is 5.92 Å². The van der Waals surface area contributed by atoms with Crippen LogP contribution in [0.15, 0.2) is 29.4 Å². The molecule has 0 aliphatic carbocycles. The largest absolute Gasteiger partial charge is 0.409 e. The predicted octanol–water partition coefficient (Wildman–Crippen LogP) is 1.83. The minimum atomic E-state index is -0.675. The molecule has 6 heteroatoms. The van der Waals surface area contributed by atoms with Gasteiger partial charge in [0.05, 0.1) is 6.61 Å². The number of nitrogens with one attached hydrogen (secondary N) is 1. The highest BCUT2D eigenvalue weighted by Crippen LogP contribution is 2.19. The minimum Gasteiger partial charge on any atom is -0.409 e. The molecular formula is C15H23N3O3. The lowest BCUT2D eigenvalue weighted by Gasteiger charge is -2.20. The Balaban J connectivity index is 2.91. The third kappa shape index (κ3) is 4.75. The molecule has 4 N–H and O–H groups in total. The van der Waals surface area contributed by atoms with Gasteiger partial charge in [0, 0.05) is 12.8 Å². The summed E-state index contributed by atoms with van der Waals surface area (Å²) in [5.41, 5.74) is 7.31. The maximum atomic E-state index is 12.4. The molecule has 0 aliphatic heterocycles. The Labute approximate surface area is 125 Å². The van der Waals surface area contributed by atoms with E-state index in [9.17, 15) is 4.79 Å². The van der Waals surface area contributed by atoms with Crippen LogP contribution in [0, 0.1) is 11.8 Å². The molecule has 0 saturated heterocycles. The quantitative estimate of drug-likeness (QED) is 0.309. The highest BCUT2D eigenvalue weighted by Gasteiger charge is 2.27. The first kappa shape index (κ1) is 17.0. The molecule has 1 aromatic carbocycles. The average molecular weight is 293 g/mol. The first-order valence-corrected chi connectivity index (χ1v) is 6.86. The Kier molecular flexibility index (Phi) is 6.68. The number of methoxy groups -OCH3 is 1. The standard InChI is InChI=1S/C15H23N3O3/c1-10(2)13(14(16)18-20)15(19)17-12-7-5-4-6-11(12)8-9-21-3/h4-7,10,13,20H,8-9H2,1-3H3,(H2,16,18)(H,17,19). The molecule has 0 aromatic heterocycles. The first-order valence-electron chi connectivity index (χ1n) is 6.86. The minimum absolute atomic E-state index is 0.0768. The molecule has 1 aromatic rings. The van der Waals surface area contributed by atoms with Gasteiger partial charge in [0.15, 0.2) is 5.84 Å². The molecule has 1 unspecified atom stereocenters. The van der Waals surface area contributed by atoms with E-state index in [1.165, 1.54) is 0 Å². The van der Waals surface area contributed by atoms with Gasteiger partial charge in [-0.3, -0.25) is 4.79 Å². The Morgan fingerprint density at radius 2 is 2.10 bits per heavy atom. The van der Waals surface area contributed by atoms with Crippen LogP contribution in [0.4, 0.5) is 5.69 Å². The Hall–Kier alpha value is -2.08. The van der Waals surface area contributed by atoms with Crippen molar-refractivity contribution >= 4 is 17.4 Å². The Morgan fingerprint density at radius 1 is 1.43 bits per heavy atom. The zero-order valence-electron chi connectivity index (χ0n) is 12.7. The second-order valence-electron chi connectivity index (χ2n) is 5.14. The molecule has 0 saturated carbocycles. The van der Waals surface area contributed by atoms with E-state index in [4.69, 9.17) is 15.7 Å². The number of amides is 1. The summed E-state index contributed by atoms with van der Waals surface area (Å²) in [4.78, 5) is 12.4. The monoisotopic (exact) mass is 293 g/mol. The van der Waals surface area contributed by atoms with Gasteiger partial charge in [-0.2, -0.15) is 0 Å². The van der Waals surface area contributed by atoms with Gasteiger partial charge in [-0.25, -0.2) is 0 Å². The summed E-state index contributed by atoms with van der Waals surface area (Å²) in [5, 5.41) is 14.6. The van der Waals surface area contributed by atoms with Crippen molar-refractivity contribution in [3.63, 3.8) is 0 Å². The predicted molar refractivity (Wildman–Crippen MR) is 82.4 cm³/mol. The molecule has 0 spiro atoms. The van der Waals surface area contributed by atoms with Crippen LogP contribution in [-0.4, -0.2) is 30.7 Å². The number of benzene rings is 1. The SMILES string of the molecule is COCCc1ccccc1NC(=O)C(/C(N)=N/O)C(C)C. The van der Waals surface area contributed by atoms with Crippen LogP contribution in [0.25, 0.3) is 0 Å². The Bertz CT molecular complexity index is 501. The lowest BCUT2D eigenvalue weighted by molar-refractivity contribution is -0.119. The first-order chi connectivity index (χ1) is 10.0. The van der Waals surface area contributed by atoms with Gasteiger partial charge < -0.3 is 21.0 Å². The number of anilines is 1. The molecule has 0 heterocycles. The number of hydrogen-bond acceptors (Lipinski definition) is 4. The molecule has 1 amide bonds.